The largest absolute Gasteiger partial charge is 0.481 e. The molecule has 78 valence electrons. The van der Waals surface area contributed by atoms with E-state index in [4.69, 9.17) is 9.52 Å². The van der Waals surface area contributed by atoms with Gasteiger partial charge in [-0.2, -0.15) is 0 Å². The monoisotopic (exact) mass is 268 g/mol. The Kier molecular flexibility index (Phi) is 2.52. The predicted molar refractivity (Wildman–Crippen MR) is 60.0 cm³/mol. The van der Waals surface area contributed by atoms with E-state index in [0.717, 1.165) is 9.86 Å². The van der Waals surface area contributed by atoms with Crippen molar-refractivity contribution in [3.8, 4) is 0 Å². The third-order valence-electron chi connectivity index (χ3n) is 2.29. The van der Waals surface area contributed by atoms with Crippen molar-refractivity contribution in [2.45, 2.75) is 12.8 Å². The molecule has 4 heteroatoms. The lowest BCUT2D eigenvalue weighted by atomic mass is 10.1. The van der Waals surface area contributed by atoms with E-state index in [2.05, 4.69) is 15.9 Å². The third-order valence-corrected chi connectivity index (χ3v) is 2.79. The Balaban J connectivity index is 2.51. The number of carboxylic acid groups (broad SMARTS) is 1. The minimum Gasteiger partial charge on any atom is -0.481 e. The van der Waals surface area contributed by atoms with E-state index >= 15 is 0 Å². The molecule has 2 rings (SSSR count). The average Bonchev–Trinajstić information content (AvgIpc) is 2.58. The van der Waals surface area contributed by atoms with Gasteiger partial charge >= 0.3 is 5.97 Å². The number of furan rings is 1. The van der Waals surface area contributed by atoms with Gasteiger partial charge < -0.3 is 9.52 Å². The van der Waals surface area contributed by atoms with Crippen molar-refractivity contribution in [2.75, 3.05) is 0 Å². The average molecular weight is 269 g/mol. The van der Waals surface area contributed by atoms with Crippen LogP contribution in [-0.2, 0) is 4.79 Å². The summed E-state index contributed by atoms with van der Waals surface area (Å²) in [4.78, 5) is 10.8. The van der Waals surface area contributed by atoms with Crippen LogP contribution in [0.1, 0.15) is 18.6 Å². The summed E-state index contributed by atoms with van der Waals surface area (Å²) in [6.45, 7) is 1.61. The van der Waals surface area contributed by atoms with Crippen molar-refractivity contribution in [1.82, 2.24) is 0 Å². The Morgan fingerprint density at radius 2 is 2.20 bits per heavy atom. The first-order valence-electron chi connectivity index (χ1n) is 4.50. The molecule has 0 bridgehead atoms. The van der Waals surface area contributed by atoms with Crippen LogP contribution < -0.4 is 0 Å². The molecule has 0 saturated carbocycles. The van der Waals surface area contributed by atoms with Gasteiger partial charge in [0.05, 0.1) is 0 Å². The van der Waals surface area contributed by atoms with Crippen molar-refractivity contribution < 1.29 is 14.3 Å². The minimum atomic E-state index is -0.881. The Morgan fingerprint density at radius 1 is 1.47 bits per heavy atom. The fourth-order valence-corrected chi connectivity index (χ4v) is 1.75. The highest BCUT2D eigenvalue weighted by Gasteiger charge is 2.18. The fraction of sp³-hybridized carbons (Fsp3) is 0.182. The topological polar surface area (TPSA) is 50.4 Å². The van der Waals surface area contributed by atoms with E-state index in [1.54, 1.807) is 13.0 Å². The lowest BCUT2D eigenvalue weighted by Crippen LogP contribution is -2.05. The van der Waals surface area contributed by atoms with Crippen molar-refractivity contribution in [1.29, 1.82) is 0 Å². The summed E-state index contributed by atoms with van der Waals surface area (Å²) >= 11 is 3.35. The predicted octanol–water partition coefficient (Wildman–Crippen LogP) is 3.38. The molecule has 0 saturated heterocycles. The van der Waals surface area contributed by atoms with Crippen molar-refractivity contribution in [3.05, 3.63) is 34.5 Å². The SMILES string of the molecule is CC(C(=O)O)c1cc2cc(Br)ccc2o1. The van der Waals surface area contributed by atoms with Crippen LogP contribution in [0.4, 0.5) is 0 Å². The number of benzene rings is 1. The second-order valence-electron chi connectivity index (χ2n) is 3.39. The number of rotatable bonds is 2. The molecule has 0 aliphatic heterocycles. The summed E-state index contributed by atoms with van der Waals surface area (Å²) in [7, 11) is 0. The van der Waals surface area contributed by atoms with Crippen molar-refractivity contribution >= 4 is 32.9 Å². The molecule has 1 heterocycles. The molecule has 1 aromatic carbocycles. The van der Waals surface area contributed by atoms with Gasteiger partial charge in [-0.15, -0.1) is 0 Å². The van der Waals surface area contributed by atoms with Gasteiger partial charge in [0.15, 0.2) is 0 Å². The first-order valence-corrected chi connectivity index (χ1v) is 5.29. The normalized spacial score (nSPS) is 12.9. The van der Waals surface area contributed by atoms with Gasteiger partial charge in [-0.1, -0.05) is 15.9 Å². The Labute approximate surface area is 94.8 Å². The lowest BCUT2D eigenvalue weighted by molar-refractivity contribution is -0.138. The summed E-state index contributed by atoms with van der Waals surface area (Å²) in [6.07, 6.45) is 0. The van der Waals surface area contributed by atoms with Gasteiger partial charge in [0.1, 0.15) is 17.3 Å². The Morgan fingerprint density at radius 3 is 2.87 bits per heavy atom. The Bertz CT molecular complexity index is 516. The van der Waals surface area contributed by atoms with Gasteiger partial charge in [-0.05, 0) is 31.2 Å². The summed E-state index contributed by atoms with van der Waals surface area (Å²) in [6, 6.07) is 7.34. The number of fused-ring (bicyclic) bond motifs is 1. The van der Waals surface area contributed by atoms with E-state index in [1.807, 2.05) is 18.2 Å². The second kappa shape index (κ2) is 3.70. The van der Waals surface area contributed by atoms with Crippen LogP contribution in [0.25, 0.3) is 11.0 Å². The minimum absolute atomic E-state index is 0.482. The number of carbonyl (C=O) groups is 1. The summed E-state index contributed by atoms with van der Waals surface area (Å²) < 4.78 is 6.39. The molecular formula is C11H9BrO3. The van der Waals surface area contributed by atoms with E-state index < -0.39 is 11.9 Å². The molecule has 0 radical (unpaired) electrons. The van der Waals surface area contributed by atoms with Crippen LogP contribution in [0.3, 0.4) is 0 Å². The zero-order valence-electron chi connectivity index (χ0n) is 8.03. The molecule has 0 fully saturated rings. The van der Waals surface area contributed by atoms with E-state index in [-0.39, 0.29) is 0 Å². The highest BCUT2D eigenvalue weighted by atomic mass is 79.9. The molecule has 1 unspecified atom stereocenters. The molecular weight excluding hydrogens is 260 g/mol. The summed E-state index contributed by atoms with van der Waals surface area (Å²) in [5.74, 6) is -1.01. The second-order valence-corrected chi connectivity index (χ2v) is 4.31. The first kappa shape index (κ1) is 10.2. The number of carboxylic acids is 1. The number of aliphatic carboxylic acids is 1. The van der Waals surface area contributed by atoms with Crippen LogP contribution >= 0.6 is 15.9 Å². The van der Waals surface area contributed by atoms with Gasteiger partial charge in [0.2, 0.25) is 0 Å². The maximum atomic E-state index is 10.8. The molecule has 2 aromatic rings. The van der Waals surface area contributed by atoms with Gasteiger partial charge in [0.25, 0.3) is 0 Å². The highest BCUT2D eigenvalue weighted by molar-refractivity contribution is 9.10. The molecule has 1 atom stereocenters. The van der Waals surface area contributed by atoms with Gasteiger partial charge in [-0.3, -0.25) is 4.79 Å². The summed E-state index contributed by atoms with van der Waals surface area (Å²) in [5.41, 5.74) is 0.710. The van der Waals surface area contributed by atoms with E-state index in [0.29, 0.717) is 11.3 Å². The third kappa shape index (κ3) is 1.90. The summed E-state index contributed by atoms with van der Waals surface area (Å²) in [5, 5.41) is 9.76. The molecule has 15 heavy (non-hydrogen) atoms. The molecule has 3 nitrogen and oxygen atoms in total. The van der Waals surface area contributed by atoms with Crippen LogP contribution in [0.2, 0.25) is 0 Å². The highest BCUT2D eigenvalue weighted by Crippen LogP contribution is 2.27. The number of halogens is 1. The zero-order chi connectivity index (χ0) is 11.0. The van der Waals surface area contributed by atoms with Crippen molar-refractivity contribution in [3.63, 3.8) is 0 Å². The van der Waals surface area contributed by atoms with Crippen LogP contribution in [0.5, 0.6) is 0 Å². The van der Waals surface area contributed by atoms with Crippen LogP contribution in [0, 0.1) is 0 Å². The van der Waals surface area contributed by atoms with E-state index in [9.17, 15) is 4.79 Å². The lowest BCUT2D eigenvalue weighted by Gasteiger charge is -1.99. The van der Waals surface area contributed by atoms with Crippen LogP contribution in [-0.4, -0.2) is 11.1 Å². The maximum Gasteiger partial charge on any atom is 0.313 e. The molecule has 0 aliphatic rings. The van der Waals surface area contributed by atoms with Gasteiger partial charge in [0, 0.05) is 9.86 Å². The standard InChI is InChI=1S/C11H9BrO3/c1-6(11(13)14)10-5-7-4-8(12)2-3-9(7)15-10/h2-6H,1H3,(H,13,14). The smallest absolute Gasteiger partial charge is 0.313 e. The molecule has 1 aromatic heterocycles. The molecule has 0 aliphatic carbocycles. The zero-order valence-corrected chi connectivity index (χ0v) is 9.61. The number of hydrogen-bond donors (Lipinski definition) is 1. The first-order chi connectivity index (χ1) is 7.08. The molecule has 0 spiro atoms. The quantitative estimate of drug-likeness (QED) is 0.909. The fourth-order valence-electron chi connectivity index (χ4n) is 1.37. The Hall–Kier alpha value is -1.29. The number of hydrogen-bond acceptors (Lipinski definition) is 2. The van der Waals surface area contributed by atoms with Gasteiger partial charge in [-0.25, -0.2) is 0 Å². The van der Waals surface area contributed by atoms with E-state index in [1.165, 1.54) is 0 Å². The molecule has 0 amide bonds. The van der Waals surface area contributed by atoms with Crippen LogP contribution in [0.15, 0.2) is 33.2 Å². The maximum absolute atomic E-state index is 10.8. The molecule has 1 N–H and O–H groups in total. The van der Waals surface area contributed by atoms with Crippen molar-refractivity contribution in [2.24, 2.45) is 0 Å².